The second-order valence-electron chi connectivity index (χ2n) is 6.81. The summed E-state index contributed by atoms with van der Waals surface area (Å²) in [5.41, 5.74) is 2.65. The van der Waals surface area contributed by atoms with E-state index in [0.29, 0.717) is 23.4 Å². The van der Waals surface area contributed by atoms with Crippen molar-refractivity contribution in [3.63, 3.8) is 0 Å². The molecule has 0 radical (unpaired) electrons. The highest BCUT2D eigenvalue weighted by Crippen LogP contribution is 2.25. The summed E-state index contributed by atoms with van der Waals surface area (Å²) in [5.74, 6) is -0.156. The molecule has 156 valence electrons. The second kappa shape index (κ2) is 10.8. The molecule has 3 aromatic carbocycles. The summed E-state index contributed by atoms with van der Waals surface area (Å²) in [6.45, 7) is 0.487. The smallest absolute Gasteiger partial charge is 0.255 e. The number of halogens is 1. The molecule has 0 aliphatic rings. The van der Waals surface area contributed by atoms with E-state index in [1.807, 2.05) is 48.5 Å². The van der Waals surface area contributed by atoms with Gasteiger partial charge in [0, 0.05) is 28.6 Å². The molecule has 0 heterocycles. The molecule has 0 aliphatic heterocycles. The number of rotatable bonds is 7. The third kappa shape index (κ3) is 6.45. The zero-order valence-electron chi connectivity index (χ0n) is 16.8. The van der Waals surface area contributed by atoms with Crippen LogP contribution in [0.25, 0.3) is 0 Å². The van der Waals surface area contributed by atoms with Gasteiger partial charge in [-0.05, 0) is 48.0 Å². The maximum Gasteiger partial charge on any atom is 0.255 e. The van der Waals surface area contributed by atoms with Crippen LogP contribution in [0.5, 0.6) is 0 Å². The average molecular weight is 494 g/mol. The van der Waals surface area contributed by atoms with Crippen LogP contribution < -0.4 is 5.32 Å². The molecule has 2 amide bonds. The molecule has 3 aromatic rings. The first-order valence-corrected chi connectivity index (χ1v) is 11.3. The van der Waals surface area contributed by atoms with Crippen molar-refractivity contribution in [3.05, 3.63) is 94.0 Å². The fraction of sp³-hybridized carbons (Fsp3) is 0.125. The minimum atomic E-state index is -0.203. The predicted molar refractivity (Wildman–Crippen MR) is 127 cm³/mol. The Labute approximate surface area is 194 Å². The van der Waals surface area contributed by atoms with Crippen molar-refractivity contribution >= 4 is 45.2 Å². The number of hydrogen-bond donors (Lipinski definition) is 1. The van der Waals surface area contributed by atoms with Gasteiger partial charge in [-0.25, -0.2) is 0 Å². The van der Waals surface area contributed by atoms with Crippen LogP contribution >= 0.6 is 27.7 Å². The van der Waals surface area contributed by atoms with Crippen LogP contribution in [0.4, 0.5) is 5.69 Å². The average Bonchev–Trinajstić information content (AvgIpc) is 2.79. The molecule has 0 saturated heterocycles. The molecular formula is C24H20BrN3O2S. The first kappa shape index (κ1) is 22.6. The number of amides is 2. The van der Waals surface area contributed by atoms with E-state index in [0.717, 1.165) is 14.9 Å². The molecule has 0 spiro atoms. The van der Waals surface area contributed by atoms with Crippen molar-refractivity contribution in [1.82, 2.24) is 4.90 Å². The minimum Gasteiger partial charge on any atom is -0.337 e. The van der Waals surface area contributed by atoms with Crippen molar-refractivity contribution in [2.75, 3.05) is 18.1 Å². The maximum atomic E-state index is 13.0. The number of anilines is 1. The zero-order valence-corrected chi connectivity index (χ0v) is 19.2. The summed E-state index contributed by atoms with van der Waals surface area (Å²) < 4.78 is 0.990. The molecule has 3 rings (SSSR count). The predicted octanol–water partition coefficient (Wildman–Crippen LogP) is 5.32. The van der Waals surface area contributed by atoms with E-state index < -0.39 is 0 Å². The Hall–Kier alpha value is -3.08. The standard InChI is InChI=1S/C24H20BrN3O2S/c1-28(15-17-9-11-19(25)12-10-17)24(30)21-7-2-3-8-22(21)31-16-23(29)27-20-6-4-5-18(13-20)14-26/h2-13H,15-16H2,1H3,(H,27,29). The van der Waals surface area contributed by atoms with E-state index in [1.54, 1.807) is 42.3 Å². The maximum absolute atomic E-state index is 13.0. The van der Waals surface area contributed by atoms with Crippen LogP contribution in [-0.2, 0) is 11.3 Å². The van der Waals surface area contributed by atoms with Gasteiger partial charge in [-0.2, -0.15) is 5.26 Å². The summed E-state index contributed by atoms with van der Waals surface area (Å²) in [5, 5.41) is 11.8. The number of hydrogen-bond acceptors (Lipinski definition) is 4. The molecule has 0 aromatic heterocycles. The van der Waals surface area contributed by atoms with Gasteiger partial charge in [0.25, 0.3) is 5.91 Å². The van der Waals surface area contributed by atoms with E-state index >= 15 is 0 Å². The van der Waals surface area contributed by atoms with Crippen LogP contribution in [0.15, 0.2) is 82.2 Å². The van der Waals surface area contributed by atoms with Gasteiger partial charge < -0.3 is 10.2 Å². The van der Waals surface area contributed by atoms with Crippen LogP contribution in [0, 0.1) is 11.3 Å². The topological polar surface area (TPSA) is 73.2 Å². The van der Waals surface area contributed by atoms with Crippen molar-refractivity contribution in [3.8, 4) is 6.07 Å². The molecule has 0 aliphatic carbocycles. The number of carbonyl (C=O) groups is 2. The summed E-state index contributed by atoms with van der Waals surface area (Å²) in [4.78, 5) is 27.8. The summed E-state index contributed by atoms with van der Waals surface area (Å²) in [6, 6.07) is 23.9. The second-order valence-corrected chi connectivity index (χ2v) is 8.75. The number of thioether (sulfide) groups is 1. The quantitative estimate of drug-likeness (QED) is 0.451. The van der Waals surface area contributed by atoms with Crippen molar-refractivity contribution in [2.24, 2.45) is 0 Å². The highest BCUT2D eigenvalue weighted by molar-refractivity contribution is 9.10. The third-order valence-corrected chi connectivity index (χ3v) is 6.03. The normalized spacial score (nSPS) is 10.2. The number of carbonyl (C=O) groups excluding carboxylic acids is 2. The minimum absolute atomic E-state index is 0.104. The van der Waals surface area contributed by atoms with Crippen molar-refractivity contribution in [2.45, 2.75) is 11.4 Å². The third-order valence-electron chi connectivity index (χ3n) is 4.43. The number of nitrogens with zero attached hydrogens (tertiary/aromatic N) is 2. The summed E-state index contributed by atoms with van der Waals surface area (Å²) >= 11 is 4.72. The van der Waals surface area contributed by atoms with Gasteiger partial charge in [0.1, 0.15) is 0 Å². The molecule has 1 N–H and O–H groups in total. The Morgan fingerprint density at radius 3 is 2.55 bits per heavy atom. The van der Waals surface area contributed by atoms with Crippen molar-refractivity contribution in [1.29, 1.82) is 5.26 Å². The largest absolute Gasteiger partial charge is 0.337 e. The van der Waals surface area contributed by atoms with E-state index in [1.165, 1.54) is 11.8 Å². The molecule has 0 bridgehead atoms. The summed E-state index contributed by atoms with van der Waals surface area (Å²) in [6.07, 6.45) is 0. The Kier molecular flexibility index (Phi) is 7.88. The molecule has 7 heteroatoms. The molecule has 0 fully saturated rings. The molecule has 31 heavy (non-hydrogen) atoms. The van der Waals surface area contributed by atoms with Gasteiger partial charge in [0.15, 0.2) is 0 Å². The Balaban J connectivity index is 1.64. The lowest BCUT2D eigenvalue weighted by Crippen LogP contribution is -2.26. The van der Waals surface area contributed by atoms with Gasteiger partial charge >= 0.3 is 0 Å². The fourth-order valence-corrected chi connectivity index (χ4v) is 4.03. The van der Waals surface area contributed by atoms with E-state index in [9.17, 15) is 9.59 Å². The highest BCUT2D eigenvalue weighted by Gasteiger charge is 2.17. The van der Waals surface area contributed by atoms with Gasteiger partial charge in [-0.15, -0.1) is 11.8 Å². The van der Waals surface area contributed by atoms with Gasteiger partial charge in [-0.3, -0.25) is 9.59 Å². The monoisotopic (exact) mass is 493 g/mol. The molecular weight excluding hydrogens is 474 g/mol. The number of nitriles is 1. The van der Waals surface area contributed by atoms with Crippen LogP contribution in [0.2, 0.25) is 0 Å². The van der Waals surface area contributed by atoms with Crippen molar-refractivity contribution < 1.29 is 9.59 Å². The Bertz CT molecular complexity index is 1130. The number of benzene rings is 3. The molecule has 0 saturated carbocycles. The molecule has 0 unspecified atom stereocenters. The SMILES string of the molecule is CN(Cc1ccc(Br)cc1)C(=O)c1ccccc1SCC(=O)Nc1cccc(C#N)c1. The number of nitrogens with one attached hydrogen (secondary N) is 1. The lowest BCUT2D eigenvalue weighted by molar-refractivity contribution is -0.113. The van der Waals surface area contributed by atoms with Crippen LogP contribution in [0.1, 0.15) is 21.5 Å². The van der Waals surface area contributed by atoms with E-state index in [2.05, 4.69) is 21.2 Å². The fourth-order valence-electron chi connectivity index (χ4n) is 2.92. The van der Waals surface area contributed by atoms with E-state index in [-0.39, 0.29) is 17.6 Å². The molecule has 5 nitrogen and oxygen atoms in total. The van der Waals surface area contributed by atoms with Crippen LogP contribution in [0.3, 0.4) is 0 Å². The van der Waals surface area contributed by atoms with Gasteiger partial charge in [-0.1, -0.05) is 46.3 Å². The zero-order chi connectivity index (χ0) is 22.2. The first-order valence-electron chi connectivity index (χ1n) is 9.48. The van der Waals surface area contributed by atoms with Crippen LogP contribution in [-0.4, -0.2) is 29.5 Å². The van der Waals surface area contributed by atoms with E-state index in [4.69, 9.17) is 5.26 Å². The highest BCUT2D eigenvalue weighted by atomic mass is 79.9. The lowest BCUT2D eigenvalue weighted by Gasteiger charge is -2.19. The Morgan fingerprint density at radius 1 is 1.06 bits per heavy atom. The van der Waals surface area contributed by atoms with Gasteiger partial charge in [0.05, 0.1) is 22.9 Å². The summed E-state index contributed by atoms with van der Waals surface area (Å²) in [7, 11) is 1.76. The van der Waals surface area contributed by atoms with Gasteiger partial charge in [0.2, 0.25) is 5.91 Å². The molecule has 0 atom stereocenters. The first-order chi connectivity index (χ1) is 15.0. The Morgan fingerprint density at radius 2 is 1.81 bits per heavy atom. The lowest BCUT2D eigenvalue weighted by atomic mass is 10.1.